The van der Waals surface area contributed by atoms with Crippen molar-refractivity contribution in [3.05, 3.63) is 29.8 Å². The Bertz CT molecular complexity index is 458. The molecule has 18 heavy (non-hydrogen) atoms. The molecule has 0 saturated carbocycles. The summed E-state index contributed by atoms with van der Waals surface area (Å²) in [5, 5.41) is 17.8. The van der Waals surface area contributed by atoms with E-state index < -0.39 is 17.1 Å². The molecular weight excluding hydrogens is 253 g/mol. The molecule has 0 fully saturated rings. The Kier molecular flexibility index (Phi) is 5.81. The van der Waals surface area contributed by atoms with E-state index in [4.69, 9.17) is 10.0 Å². The molecule has 100 valence electrons. The molecule has 5 nitrogen and oxygen atoms in total. The average Bonchev–Trinajstić information content (AvgIpc) is 2.35. The highest BCUT2D eigenvalue weighted by molar-refractivity contribution is 7.89. The van der Waals surface area contributed by atoms with Crippen molar-refractivity contribution in [1.82, 2.24) is 4.72 Å². The molecule has 0 saturated heterocycles. The normalized spacial score (nSPS) is 11.5. The van der Waals surface area contributed by atoms with E-state index in [9.17, 15) is 8.42 Å². The fourth-order valence-electron chi connectivity index (χ4n) is 1.41. The second-order valence-electron chi connectivity index (χ2n) is 4.11. The van der Waals surface area contributed by atoms with Crippen molar-refractivity contribution < 1.29 is 18.5 Å². The Labute approximate surface area is 108 Å². The minimum absolute atomic E-state index is 0.136. The SMILES string of the molecule is CCCCS(=O)(=O)NCc1ccc(B(O)O)cc1. The van der Waals surface area contributed by atoms with Crippen LogP contribution in [0.3, 0.4) is 0 Å². The van der Waals surface area contributed by atoms with Crippen LogP contribution in [-0.2, 0) is 16.6 Å². The van der Waals surface area contributed by atoms with Gasteiger partial charge in [0.25, 0.3) is 0 Å². The van der Waals surface area contributed by atoms with E-state index in [2.05, 4.69) is 4.72 Å². The van der Waals surface area contributed by atoms with E-state index in [1.165, 1.54) is 0 Å². The number of unbranched alkanes of at least 4 members (excludes halogenated alkanes) is 1. The maximum atomic E-state index is 11.5. The first-order valence-corrected chi connectivity index (χ1v) is 7.52. The van der Waals surface area contributed by atoms with Gasteiger partial charge in [0.2, 0.25) is 10.0 Å². The van der Waals surface area contributed by atoms with E-state index in [0.717, 1.165) is 12.0 Å². The molecule has 0 unspecified atom stereocenters. The number of nitrogens with one attached hydrogen (secondary N) is 1. The molecule has 0 aromatic heterocycles. The first-order chi connectivity index (χ1) is 8.44. The number of benzene rings is 1. The van der Waals surface area contributed by atoms with Crippen LogP contribution in [0.5, 0.6) is 0 Å². The summed E-state index contributed by atoms with van der Waals surface area (Å²) < 4.78 is 25.6. The van der Waals surface area contributed by atoms with Gasteiger partial charge in [-0.05, 0) is 17.4 Å². The van der Waals surface area contributed by atoms with Crippen molar-refractivity contribution in [1.29, 1.82) is 0 Å². The lowest BCUT2D eigenvalue weighted by atomic mass is 9.80. The van der Waals surface area contributed by atoms with E-state index >= 15 is 0 Å². The van der Waals surface area contributed by atoms with Crippen LogP contribution in [0.4, 0.5) is 0 Å². The molecule has 0 heterocycles. The lowest BCUT2D eigenvalue weighted by Gasteiger charge is -2.07. The summed E-state index contributed by atoms with van der Waals surface area (Å²) in [5.74, 6) is 0.136. The Balaban J connectivity index is 2.53. The highest BCUT2D eigenvalue weighted by atomic mass is 32.2. The summed E-state index contributed by atoms with van der Waals surface area (Å²) in [6.45, 7) is 2.16. The third-order valence-corrected chi connectivity index (χ3v) is 3.95. The van der Waals surface area contributed by atoms with Crippen LogP contribution in [0.25, 0.3) is 0 Å². The molecule has 0 aliphatic rings. The van der Waals surface area contributed by atoms with Crippen LogP contribution < -0.4 is 10.2 Å². The average molecular weight is 271 g/mol. The molecule has 0 aliphatic heterocycles. The van der Waals surface area contributed by atoms with E-state index in [-0.39, 0.29) is 12.3 Å². The molecule has 0 atom stereocenters. The molecule has 0 aliphatic carbocycles. The molecule has 0 spiro atoms. The van der Waals surface area contributed by atoms with Gasteiger partial charge in [0, 0.05) is 6.54 Å². The Morgan fingerprint density at radius 3 is 2.33 bits per heavy atom. The highest BCUT2D eigenvalue weighted by Gasteiger charge is 2.11. The summed E-state index contributed by atoms with van der Waals surface area (Å²) in [6, 6.07) is 6.44. The predicted octanol–water partition coefficient (Wildman–Crippen LogP) is -0.414. The molecule has 7 heteroatoms. The summed E-state index contributed by atoms with van der Waals surface area (Å²) in [5.41, 5.74) is 1.16. The fraction of sp³-hybridized carbons (Fsp3) is 0.455. The number of hydrogen-bond donors (Lipinski definition) is 3. The number of hydrogen-bond acceptors (Lipinski definition) is 4. The first kappa shape index (κ1) is 15.2. The third kappa shape index (κ3) is 5.18. The topological polar surface area (TPSA) is 86.6 Å². The maximum Gasteiger partial charge on any atom is 0.488 e. The smallest absolute Gasteiger partial charge is 0.423 e. The molecule has 0 radical (unpaired) electrons. The van der Waals surface area contributed by atoms with E-state index in [1.54, 1.807) is 24.3 Å². The minimum atomic E-state index is -3.22. The zero-order valence-corrected chi connectivity index (χ0v) is 11.2. The second-order valence-corrected chi connectivity index (χ2v) is 6.04. The lowest BCUT2D eigenvalue weighted by Crippen LogP contribution is -2.30. The van der Waals surface area contributed by atoms with Gasteiger partial charge in [0.1, 0.15) is 0 Å². The van der Waals surface area contributed by atoms with Gasteiger partial charge in [0.15, 0.2) is 0 Å². The van der Waals surface area contributed by atoms with Crippen molar-refractivity contribution in [3.63, 3.8) is 0 Å². The van der Waals surface area contributed by atoms with Crippen LogP contribution in [0.1, 0.15) is 25.3 Å². The third-order valence-electron chi connectivity index (χ3n) is 2.54. The molecule has 0 amide bonds. The number of sulfonamides is 1. The molecule has 1 aromatic carbocycles. The van der Waals surface area contributed by atoms with Gasteiger partial charge in [-0.2, -0.15) is 0 Å². The van der Waals surface area contributed by atoms with Crippen LogP contribution in [0, 0.1) is 0 Å². The first-order valence-electron chi connectivity index (χ1n) is 5.87. The van der Waals surface area contributed by atoms with Crippen LogP contribution >= 0.6 is 0 Å². The summed E-state index contributed by atoms with van der Waals surface area (Å²) >= 11 is 0. The van der Waals surface area contributed by atoms with Crippen molar-refractivity contribution in [2.75, 3.05) is 5.75 Å². The van der Waals surface area contributed by atoms with Crippen molar-refractivity contribution >= 4 is 22.6 Å². The quantitative estimate of drug-likeness (QED) is 0.588. The Morgan fingerprint density at radius 1 is 1.22 bits per heavy atom. The zero-order valence-electron chi connectivity index (χ0n) is 10.3. The van der Waals surface area contributed by atoms with Gasteiger partial charge >= 0.3 is 7.12 Å². The van der Waals surface area contributed by atoms with Gasteiger partial charge in [-0.1, -0.05) is 37.6 Å². The molecule has 1 rings (SSSR count). The van der Waals surface area contributed by atoms with Crippen molar-refractivity contribution in [3.8, 4) is 0 Å². The summed E-state index contributed by atoms with van der Waals surface area (Å²) in [7, 11) is -4.72. The van der Waals surface area contributed by atoms with Gasteiger partial charge in [-0.15, -0.1) is 0 Å². The monoisotopic (exact) mass is 271 g/mol. The number of rotatable bonds is 7. The van der Waals surface area contributed by atoms with Crippen LogP contribution in [-0.4, -0.2) is 31.3 Å². The van der Waals surface area contributed by atoms with Gasteiger partial charge in [0.05, 0.1) is 5.75 Å². The van der Waals surface area contributed by atoms with Gasteiger partial charge in [-0.25, -0.2) is 13.1 Å². The second kappa shape index (κ2) is 6.89. The van der Waals surface area contributed by atoms with Crippen LogP contribution in [0.15, 0.2) is 24.3 Å². The highest BCUT2D eigenvalue weighted by Crippen LogP contribution is 2.00. The van der Waals surface area contributed by atoms with E-state index in [1.807, 2.05) is 6.92 Å². The largest absolute Gasteiger partial charge is 0.488 e. The Morgan fingerprint density at radius 2 is 1.83 bits per heavy atom. The molecular formula is C11H18BNO4S. The Hall–Kier alpha value is -0.885. The molecule has 0 bridgehead atoms. The summed E-state index contributed by atoms with van der Waals surface area (Å²) in [4.78, 5) is 0. The van der Waals surface area contributed by atoms with Crippen molar-refractivity contribution in [2.45, 2.75) is 26.3 Å². The minimum Gasteiger partial charge on any atom is -0.423 e. The fourth-order valence-corrected chi connectivity index (χ4v) is 2.61. The summed E-state index contributed by atoms with van der Waals surface area (Å²) in [6.07, 6.45) is 1.48. The van der Waals surface area contributed by atoms with Gasteiger partial charge in [-0.3, -0.25) is 0 Å². The van der Waals surface area contributed by atoms with Gasteiger partial charge < -0.3 is 10.0 Å². The van der Waals surface area contributed by atoms with Crippen LogP contribution in [0.2, 0.25) is 0 Å². The lowest BCUT2D eigenvalue weighted by molar-refractivity contribution is 0.426. The molecule has 1 aromatic rings. The maximum absolute atomic E-state index is 11.5. The molecule has 3 N–H and O–H groups in total. The standard InChI is InChI=1S/C11H18BNO4S/c1-2-3-8-18(16,17)13-9-10-4-6-11(7-5-10)12(14)15/h4-7,13-15H,2-3,8-9H2,1H3. The van der Waals surface area contributed by atoms with E-state index in [0.29, 0.717) is 11.9 Å². The zero-order chi connectivity index (χ0) is 13.6. The predicted molar refractivity (Wildman–Crippen MR) is 71.8 cm³/mol. The van der Waals surface area contributed by atoms with Crippen molar-refractivity contribution in [2.24, 2.45) is 0 Å².